The van der Waals surface area contributed by atoms with Crippen molar-refractivity contribution in [1.29, 1.82) is 0 Å². The fourth-order valence-corrected chi connectivity index (χ4v) is 8.84. The van der Waals surface area contributed by atoms with E-state index in [4.69, 9.17) is 20.9 Å². The van der Waals surface area contributed by atoms with Crippen LogP contribution in [-0.2, 0) is 40.5 Å². The van der Waals surface area contributed by atoms with Gasteiger partial charge in [0, 0.05) is 10.8 Å². The van der Waals surface area contributed by atoms with Gasteiger partial charge in [-0.25, -0.2) is 25.3 Å². The number of hydrogen-bond donors (Lipinski definition) is 5. The Kier molecular flexibility index (Phi) is 11.0. The number of anilines is 2. The van der Waals surface area contributed by atoms with Crippen LogP contribution < -0.4 is 20.9 Å². The van der Waals surface area contributed by atoms with Gasteiger partial charge in [-0.05, 0) is 59.7 Å². The molecule has 6 aromatic rings. The molecule has 0 aliphatic heterocycles. The van der Waals surface area contributed by atoms with Gasteiger partial charge in [0.2, 0.25) is 0 Å². The minimum atomic E-state index is -5.41. The number of nitrogen functional groups attached to an aromatic ring is 2. The SMILES string of the molecule is COc1cc(-c2ccc(N=Nc3ccc4c(S(=O)(=O)O)cc(S(=O)(=O)[O-])c(N)c4c3O)c(OC)c2)ccc1N=Nc1ccc2c(S(=O)(=O)[O-])cc(S(=O)(=O)[O-])c(N)c2c1O. The maximum Gasteiger partial charge on any atom is 0.295 e. The first-order valence-corrected chi connectivity index (χ1v) is 21.7. The molecule has 0 bridgehead atoms. The first-order valence-electron chi connectivity index (χ1n) is 16.1. The molecular formula is C34H25N6O16S4-3. The Balaban J connectivity index is 1.34. The van der Waals surface area contributed by atoms with E-state index >= 15 is 0 Å². The molecule has 0 aromatic heterocycles. The summed E-state index contributed by atoms with van der Waals surface area (Å²) < 4.78 is 151. The molecule has 7 N–H and O–H groups in total. The van der Waals surface area contributed by atoms with Gasteiger partial charge < -0.3 is 44.8 Å². The fourth-order valence-electron chi connectivity index (χ4n) is 6.00. The standard InChI is InChI=1S/C34H28N6O16S4/c1-55-23-11-15(3-7-19(23)37-39-21-9-5-17-25(57(43,44)45)13-27(59(49,50)51)31(35)29(17)33(21)41)16-4-8-20(24(12-16)56-2)38-40-22-10-6-18-26(58(46,47)48)14-28(60(52,53)54)32(36)30(18)34(22)42/h3-14,41-42H,35-36H2,1-2H3,(H,43,44,45)(H,46,47,48)(H,49,50,51)(H,52,53,54)/p-3. The number of hydrogen-bond acceptors (Lipinski definition) is 21. The van der Waals surface area contributed by atoms with Gasteiger partial charge in [-0.3, -0.25) is 4.55 Å². The van der Waals surface area contributed by atoms with Crippen molar-refractivity contribution < 1.29 is 71.6 Å². The number of methoxy groups -OCH3 is 2. The van der Waals surface area contributed by atoms with Gasteiger partial charge in [0.15, 0.2) is 11.5 Å². The predicted octanol–water partition coefficient (Wildman–Crippen LogP) is 5.04. The third kappa shape index (κ3) is 8.07. The van der Waals surface area contributed by atoms with E-state index in [0.717, 1.165) is 24.3 Å². The van der Waals surface area contributed by atoms with Crippen molar-refractivity contribution in [2.75, 3.05) is 25.7 Å². The molecule has 0 saturated carbocycles. The van der Waals surface area contributed by atoms with E-state index in [2.05, 4.69) is 20.5 Å². The van der Waals surface area contributed by atoms with Crippen molar-refractivity contribution in [2.24, 2.45) is 20.5 Å². The highest BCUT2D eigenvalue weighted by Gasteiger charge is 2.25. The molecule has 0 aliphatic rings. The summed E-state index contributed by atoms with van der Waals surface area (Å²) in [4.78, 5) is -4.57. The Hall–Kier alpha value is -6.52. The summed E-state index contributed by atoms with van der Waals surface area (Å²) in [5.74, 6) is -1.48. The van der Waals surface area contributed by atoms with Crippen LogP contribution in [0.1, 0.15) is 0 Å². The lowest BCUT2D eigenvalue weighted by molar-refractivity contribution is 0.415. The summed E-state index contributed by atoms with van der Waals surface area (Å²) in [5, 5.41) is 35.8. The van der Waals surface area contributed by atoms with Gasteiger partial charge in [-0.15, -0.1) is 20.5 Å². The predicted molar refractivity (Wildman–Crippen MR) is 207 cm³/mol. The van der Waals surface area contributed by atoms with E-state index in [0.29, 0.717) is 23.3 Å². The largest absolute Gasteiger partial charge is 0.744 e. The molecule has 60 heavy (non-hydrogen) atoms. The number of benzene rings is 6. The maximum atomic E-state index is 12.0. The Morgan fingerprint density at radius 1 is 0.500 bits per heavy atom. The smallest absolute Gasteiger partial charge is 0.295 e. The number of ether oxygens (including phenoxy) is 2. The van der Waals surface area contributed by atoms with Crippen molar-refractivity contribution >= 4 is 96.1 Å². The molecular weight excluding hydrogens is 877 g/mol. The van der Waals surface area contributed by atoms with E-state index in [1.807, 2.05) is 0 Å². The molecule has 0 heterocycles. The van der Waals surface area contributed by atoms with Crippen LogP contribution in [0.3, 0.4) is 0 Å². The number of nitrogens with two attached hydrogens (primary N) is 2. The first-order chi connectivity index (χ1) is 27.9. The summed E-state index contributed by atoms with van der Waals surface area (Å²) in [6.45, 7) is 0. The van der Waals surface area contributed by atoms with Crippen LogP contribution in [0.2, 0.25) is 0 Å². The molecule has 0 spiro atoms. The zero-order valence-corrected chi connectivity index (χ0v) is 33.4. The van der Waals surface area contributed by atoms with Gasteiger partial charge in [-0.2, -0.15) is 8.42 Å². The van der Waals surface area contributed by atoms with Crippen molar-refractivity contribution in [2.45, 2.75) is 19.6 Å². The average Bonchev–Trinajstić information content (AvgIpc) is 3.15. The topological polar surface area (TPSA) is 386 Å². The van der Waals surface area contributed by atoms with E-state index in [-0.39, 0.29) is 34.2 Å². The Morgan fingerprint density at radius 3 is 1.18 bits per heavy atom. The van der Waals surface area contributed by atoms with Gasteiger partial charge in [-0.1, -0.05) is 24.3 Å². The van der Waals surface area contributed by atoms with Crippen LogP contribution in [0.4, 0.5) is 34.1 Å². The molecule has 314 valence electrons. The number of rotatable bonds is 11. The highest BCUT2D eigenvalue weighted by Crippen LogP contribution is 2.46. The van der Waals surface area contributed by atoms with E-state index < -0.39 is 104 Å². The third-order valence-corrected chi connectivity index (χ3v) is 12.3. The normalized spacial score (nSPS) is 12.8. The van der Waals surface area contributed by atoms with E-state index in [9.17, 15) is 62.1 Å². The number of azo groups is 2. The van der Waals surface area contributed by atoms with Gasteiger partial charge in [0.05, 0.1) is 51.1 Å². The number of phenolic OH excluding ortho intramolecular Hbond substituents is 2. The van der Waals surface area contributed by atoms with Crippen LogP contribution in [0.5, 0.6) is 23.0 Å². The summed E-state index contributed by atoms with van der Waals surface area (Å²) >= 11 is 0. The van der Waals surface area contributed by atoms with Crippen LogP contribution in [0.15, 0.2) is 113 Å². The van der Waals surface area contributed by atoms with E-state index in [1.54, 1.807) is 12.1 Å². The van der Waals surface area contributed by atoms with Crippen LogP contribution in [-0.4, -0.2) is 76.3 Å². The minimum Gasteiger partial charge on any atom is -0.744 e. The maximum absolute atomic E-state index is 12.0. The fraction of sp³-hybridized carbons (Fsp3) is 0.0588. The van der Waals surface area contributed by atoms with Crippen molar-refractivity contribution in [1.82, 2.24) is 0 Å². The molecule has 0 fully saturated rings. The number of phenols is 2. The second kappa shape index (κ2) is 15.3. The van der Waals surface area contributed by atoms with Gasteiger partial charge in [0.1, 0.15) is 69.5 Å². The molecule has 26 heteroatoms. The van der Waals surface area contributed by atoms with Crippen molar-refractivity contribution in [3.8, 4) is 34.1 Å². The number of aromatic hydroxyl groups is 2. The summed E-state index contributed by atoms with van der Waals surface area (Å²) in [6, 6.07) is 14.1. The Labute approximate surface area is 339 Å². The zero-order chi connectivity index (χ0) is 44.3. The first kappa shape index (κ1) is 43.1. The number of fused-ring (bicyclic) bond motifs is 2. The van der Waals surface area contributed by atoms with Crippen LogP contribution >= 0.6 is 0 Å². The molecule has 0 aliphatic carbocycles. The molecule has 0 saturated heterocycles. The average molecular weight is 902 g/mol. The van der Waals surface area contributed by atoms with Gasteiger partial charge in [0.25, 0.3) is 10.1 Å². The minimum absolute atomic E-state index is 0.0873. The lowest BCUT2D eigenvalue weighted by atomic mass is 10.0. The second-order valence-corrected chi connectivity index (χ2v) is 17.7. The van der Waals surface area contributed by atoms with Crippen LogP contribution in [0.25, 0.3) is 32.7 Å². The Bertz CT molecular complexity index is 3120. The second-order valence-electron chi connectivity index (χ2n) is 12.3. The van der Waals surface area contributed by atoms with E-state index in [1.165, 1.54) is 38.5 Å². The molecule has 0 atom stereocenters. The summed E-state index contributed by atoms with van der Waals surface area (Å²) in [6.07, 6.45) is 0. The molecule has 6 aromatic carbocycles. The molecule has 0 radical (unpaired) electrons. The molecule has 0 unspecified atom stereocenters. The van der Waals surface area contributed by atoms with Crippen molar-refractivity contribution in [3.63, 3.8) is 0 Å². The quantitative estimate of drug-likeness (QED) is 0.0645. The summed E-state index contributed by atoms with van der Waals surface area (Å²) in [7, 11) is -18.6. The third-order valence-electron chi connectivity index (χ3n) is 8.75. The lowest BCUT2D eigenvalue weighted by Gasteiger charge is -2.18. The summed E-state index contributed by atoms with van der Waals surface area (Å²) in [5.41, 5.74) is 10.6. The zero-order valence-electron chi connectivity index (χ0n) is 30.2. The van der Waals surface area contributed by atoms with Crippen LogP contribution in [0, 0.1) is 0 Å². The monoisotopic (exact) mass is 901 g/mol. The molecule has 22 nitrogen and oxygen atoms in total. The Morgan fingerprint density at radius 2 is 0.833 bits per heavy atom. The molecule has 0 amide bonds. The van der Waals surface area contributed by atoms with Gasteiger partial charge >= 0.3 is 0 Å². The highest BCUT2D eigenvalue weighted by molar-refractivity contribution is 7.87. The van der Waals surface area contributed by atoms with Crippen molar-refractivity contribution in [3.05, 3.63) is 72.8 Å². The molecule has 6 rings (SSSR count). The highest BCUT2D eigenvalue weighted by atomic mass is 32.2. The number of nitrogens with zero attached hydrogens (tertiary/aromatic N) is 4. The lowest BCUT2D eigenvalue weighted by Crippen LogP contribution is -2.08.